The molecule has 15 heavy (non-hydrogen) atoms. The quantitative estimate of drug-likeness (QED) is 0.545. The third-order valence-corrected chi connectivity index (χ3v) is 1.53. The molecule has 0 unspecified atom stereocenters. The lowest BCUT2D eigenvalue weighted by Gasteiger charge is -2.22. The van der Waals surface area contributed by atoms with Gasteiger partial charge < -0.3 is 21.3 Å². The van der Waals surface area contributed by atoms with E-state index >= 15 is 0 Å². The van der Waals surface area contributed by atoms with Gasteiger partial charge in [0.1, 0.15) is 17.7 Å². The van der Waals surface area contributed by atoms with Gasteiger partial charge in [0, 0.05) is 0 Å². The van der Waals surface area contributed by atoms with Gasteiger partial charge in [0.2, 0.25) is 0 Å². The van der Waals surface area contributed by atoms with Crippen LogP contribution in [0.2, 0.25) is 0 Å². The predicted octanol–water partition coefficient (Wildman–Crippen LogP) is -0.543. The van der Waals surface area contributed by atoms with E-state index in [1.165, 1.54) is 0 Å². The number of esters is 1. The number of carboxylic acid groups (broad SMARTS) is 1. The molecule has 0 heterocycles. The van der Waals surface area contributed by atoms with Crippen LogP contribution < -0.4 is 11.5 Å². The zero-order valence-electron chi connectivity index (χ0n) is 9.19. The lowest BCUT2D eigenvalue weighted by molar-refractivity contribution is -0.156. The van der Waals surface area contributed by atoms with E-state index in [4.69, 9.17) is 21.3 Å². The molecule has 0 aliphatic heterocycles. The van der Waals surface area contributed by atoms with Gasteiger partial charge in [-0.05, 0) is 27.2 Å². The molecule has 0 saturated heterocycles. The number of ether oxygens (including phenoxy) is 1. The second-order valence-electron chi connectivity index (χ2n) is 4.32. The van der Waals surface area contributed by atoms with Crippen molar-refractivity contribution in [2.45, 2.75) is 44.9 Å². The minimum absolute atomic E-state index is 0.135. The van der Waals surface area contributed by atoms with E-state index in [0.29, 0.717) is 0 Å². The molecule has 6 nitrogen and oxygen atoms in total. The predicted molar refractivity (Wildman–Crippen MR) is 54.0 cm³/mol. The van der Waals surface area contributed by atoms with Gasteiger partial charge in [0.25, 0.3) is 0 Å². The number of hydrogen-bond acceptors (Lipinski definition) is 5. The van der Waals surface area contributed by atoms with E-state index in [1.807, 2.05) is 0 Å². The van der Waals surface area contributed by atoms with Gasteiger partial charge in [-0.1, -0.05) is 0 Å². The fourth-order valence-electron chi connectivity index (χ4n) is 0.848. The van der Waals surface area contributed by atoms with Crippen LogP contribution in [0.1, 0.15) is 27.2 Å². The molecule has 6 heteroatoms. The zero-order valence-corrected chi connectivity index (χ0v) is 9.19. The van der Waals surface area contributed by atoms with Crippen molar-refractivity contribution >= 4 is 11.9 Å². The second-order valence-corrected chi connectivity index (χ2v) is 4.32. The van der Waals surface area contributed by atoms with E-state index in [1.54, 1.807) is 20.8 Å². The normalized spacial score (nSPS) is 15.5. The number of carboxylic acids is 1. The molecule has 0 amide bonds. The van der Waals surface area contributed by atoms with Crippen molar-refractivity contribution in [2.75, 3.05) is 0 Å². The Hall–Kier alpha value is -1.14. The molecule has 88 valence electrons. The Morgan fingerprint density at radius 3 is 2.07 bits per heavy atom. The highest BCUT2D eigenvalue weighted by molar-refractivity contribution is 5.78. The highest BCUT2D eigenvalue weighted by atomic mass is 16.6. The summed E-state index contributed by atoms with van der Waals surface area (Å²) in [5.74, 6) is -1.83. The number of nitrogens with two attached hydrogens (primary N) is 2. The van der Waals surface area contributed by atoms with E-state index in [2.05, 4.69) is 0 Å². The Labute approximate surface area is 88.6 Å². The first-order valence-corrected chi connectivity index (χ1v) is 4.60. The minimum Gasteiger partial charge on any atom is -0.480 e. The Morgan fingerprint density at radius 1 is 1.27 bits per heavy atom. The Balaban J connectivity index is 4.17. The summed E-state index contributed by atoms with van der Waals surface area (Å²) in [6.07, 6.45) is -0.135. The first-order valence-electron chi connectivity index (χ1n) is 4.60. The first kappa shape index (κ1) is 13.9. The van der Waals surface area contributed by atoms with Crippen molar-refractivity contribution in [1.29, 1.82) is 0 Å². The molecule has 0 fully saturated rings. The Kier molecular flexibility index (Phi) is 4.70. The van der Waals surface area contributed by atoms with Crippen molar-refractivity contribution < 1.29 is 19.4 Å². The summed E-state index contributed by atoms with van der Waals surface area (Å²) >= 11 is 0. The van der Waals surface area contributed by atoms with Crippen molar-refractivity contribution in [3.8, 4) is 0 Å². The summed E-state index contributed by atoms with van der Waals surface area (Å²) in [6.45, 7) is 5.11. The van der Waals surface area contributed by atoms with E-state index in [-0.39, 0.29) is 6.42 Å². The lowest BCUT2D eigenvalue weighted by atomic mass is 10.1. The molecule has 0 aromatic rings. The van der Waals surface area contributed by atoms with E-state index < -0.39 is 29.6 Å². The van der Waals surface area contributed by atoms with Crippen molar-refractivity contribution in [1.82, 2.24) is 0 Å². The number of hydrogen-bond donors (Lipinski definition) is 3. The van der Waals surface area contributed by atoms with Gasteiger partial charge in [-0.2, -0.15) is 0 Å². The summed E-state index contributed by atoms with van der Waals surface area (Å²) in [5.41, 5.74) is 10.0. The highest BCUT2D eigenvalue weighted by Gasteiger charge is 2.25. The van der Waals surface area contributed by atoms with Crippen LogP contribution in [0.15, 0.2) is 0 Å². The van der Waals surface area contributed by atoms with Crippen molar-refractivity contribution in [2.24, 2.45) is 11.5 Å². The molecular formula is C9H18N2O4. The molecule has 0 aromatic carbocycles. The van der Waals surface area contributed by atoms with Crippen LogP contribution >= 0.6 is 0 Å². The van der Waals surface area contributed by atoms with Gasteiger partial charge in [-0.15, -0.1) is 0 Å². The van der Waals surface area contributed by atoms with E-state index in [0.717, 1.165) is 0 Å². The number of rotatable bonds is 4. The molecule has 0 saturated carbocycles. The Bertz CT molecular complexity index is 247. The average molecular weight is 218 g/mol. The largest absolute Gasteiger partial charge is 0.480 e. The monoisotopic (exact) mass is 218 g/mol. The molecular weight excluding hydrogens is 200 g/mol. The third kappa shape index (κ3) is 6.03. The van der Waals surface area contributed by atoms with Crippen LogP contribution in [0.4, 0.5) is 0 Å². The SMILES string of the molecule is CC(C)(C)OC(=O)[C@@H](N)C[C@H](N)C(=O)O. The maximum Gasteiger partial charge on any atom is 0.323 e. The molecule has 0 aliphatic carbocycles. The fourth-order valence-corrected chi connectivity index (χ4v) is 0.848. The maximum absolute atomic E-state index is 11.3. The van der Waals surface area contributed by atoms with Crippen molar-refractivity contribution in [3.63, 3.8) is 0 Å². The minimum atomic E-state index is -1.19. The third-order valence-electron chi connectivity index (χ3n) is 1.53. The van der Waals surface area contributed by atoms with Crippen LogP contribution in [0.5, 0.6) is 0 Å². The molecule has 0 bridgehead atoms. The molecule has 0 aliphatic rings. The van der Waals surface area contributed by atoms with Crippen LogP contribution in [0.25, 0.3) is 0 Å². The molecule has 2 atom stereocenters. The molecule has 0 radical (unpaired) electrons. The number of carbonyl (C=O) groups is 2. The Morgan fingerprint density at radius 2 is 1.73 bits per heavy atom. The smallest absolute Gasteiger partial charge is 0.323 e. The number of aliphatic carboxylic acids is 1. The van der Waals surface area contributed by atoms with Crippen molar-refractivity contribution in [3.05, 3.63) is 0 Å². The standard InChI is InChI=1S/C9H18N2O4/c1-9(2,3)15-8(14)6(11)4-5(10)7(12)13/h5-6H,4,10-11H2,1-3H3,(H,12,13)/t5-,6-/m0/s1. The molecule has 5 N–H and O–H groups in total. The summed E-state index contributed by atoms with van der Waals surface area (Å²) in [6, 6.07) is -2.15. The second kappa shape index (κ2) is 5.09. The fraction of sp³-hybridized carbons (Fsp3) is 0.778. The molecule has 0 rings (SSSR count). The molecule has 0 aromatic heterocycles. The van der Waals surface area contributed by atoms with Gasteiger partial charge in [-0.3, -0.25) is 9.59 Å². The van der Waals surface area contributed by atoms with Crippen LogP contribution in [0.3, 0.4) is 0 Å². The summed E-state index contributed by atoms with van der Waals surface area (Å²) < 4.78 is 4.97. The zero-order chi connectivity index (χ0) is 12.2. The van der Waals surface area contributed by atoms with Crippen LogP contribution in [-0.4, -0.2) is 34.7 Å². The van der Waals surface area contributed by atoms with Gasteiger partial charge in [0.15, 0.2) is 0 Å². The van der Waals surface area contributed by atoms with Crippen LogP contribution in [-0.2, 0) is 14.3 Å². The summed E-state index contributed by atoms with van der Waals surface area (Å²) in [4.78, 5) is 21.7. The van der Waals surface area contributed by atoms with Gasteiger partial charge >= 0.3 is 11.9 Å². The first-order chi connectivity index (χ1) is 6.63. The number of carbonyl (C=O) groups excluding carboxylic acids is 1. The highest BCUT2D eigenvalue weighted by Crippen LogP contribution is 2.09. The van der Waals surface area contributed by atoms with Gasteiger partial charge in [0.05, 0.1) is 0 Å². The summed E-state index contributed by atoms with van der Waals surface area (Å²) in [7, 11) is 0. The lowest BCUT2D eigenvalue weighted by Crippen LogP contribution is -2.43. The van der Waals surface area contributed by atoms with Crippen LogP contribution in [0, 0.1) is 0 Å². The van der Waals surface area contributed by atoms with E-state index in [9.17, 15) is 9.59 Å². The maximum atomic E-state index is 11.3. The topological polar surface area (TPSA) is 116 Å². The van der Waals surface area contributed by atoms with Gasteiger partial charge in [-0.25, -0.2) is 0 Å². The summed E-state index contributed by atoms with van der Waals surface area (Å²) in [5, 5.41) is 8.51. The average Bonchev–Trinajstić information content (AvgIpc) is 2.00. The molecule has 0 spiro atoms.